The van der Waals surface area contributed by atoms with Crippen LogP contribution in [0.5, 0.6) is 5.88 Å². The van der Waals surface area contributed by atoms with Crippen LogP contribution in [0.1, 0.15) is 47.8 Å². The first-order valence-corrected chi connectivity index (χ1v) is 14.0. The summed E-state index contributed by atoms with van der Waals surface area (Å²) in [5.74, 6) is 2.24. The molecule has 7 rings (SSSR count). The fourth-order valence-electron chi connectivity index (χ4n) is 5.93. The Kier molecular flexibility index (Phi) is 6.54. The molecule has 5 aromatic rings. The number of aromatic nitrogens is 3. The van der Waals surface area contributed by atoms with Gasteiger partial charge in [0.15, 0.2) is 0 Å². The molecule has 3 aromatic heterocycles. The van der Waals surface area contributed by atoms with Crippen molar-refractivity contribution in [2.24, 2.45) is 0 Å². The van der Waals surface area contributed by atoms with Gasteiger partial charge >= 0.3 is 0 Å². The molecule has 2 saturated heterocycles. The summed E-state index contributed by atoms with van der Waals surface area (Å²) < 4.78 is 20.0. The Balaban J connectivity index is 0.994. The number of imidazole rings is 1. The molecule has 0 unspecified atom stereocenters. The monoisotopic (exact) mass is 522 g/mol. The number of ether oxygens (including phenoxy) is 2. The fraction of sp³-hybridized carbons (Fsp3) is 0.375. The summed E-state index contributed by atoms with van der Waals surface area (Å²) in [5, 5.41) is 1.14. The maximum absolute atomic E-state index is 6.13. The molecule has 7 nitrogen and oxygen atoms in total. The second-order valence-corrected chi connectivity index (χ2v) is 10.9. The molecule has 2 aliphatic rings. The minimum Gasteiger partial charge on any atom is -0.473 e. The van der Waals surface area contributed by atoms with Crippen LogP contribution in [0.4, 0.5) is 0 Å². The van der Waals surface area contributed by atoms with E-state index in [1.54, 1.807) is 6.26 Å². The van der Waals surface area contributed by atoms with Crippen LogP contribution in [0.3, 0.4) is 0 Å². The lowest BCUT2D eigenvalue weighted by Crippen LogP contribution is -2.35. The van der Waals surface area contributed by atoms with Crippen LogP contribution < -0.4 is 4.74 Å². The summed E-state index contributed by atoms with van der Waals surface area (Å²) in [4.78, 5) is 12.4. The number of furan rings is 1. The molecule has 0 bridgehead atoms. The Labute approximate surface area is 228 Å². The molecule has 0 radical (unpaired) electrons. The van der Waals surface area contributed by atoms with Crippen LogP contribution in [0.25, 0.3) is 22.0 Å². The van der Waals surface area contributed by atoms with Gasteiger partial charge in [0.2, 0.25) is 5.88 Å². The number of nitrogens with zero attached hydrogens (tertiary/aromatic N) is 4. The van der Waals surface area contributed by atoms with Gasteiger partial charge in [-0.2, -0.15) is 0 Å². The molecular weight excluding hydrogens is 488 g/mol. The van der Waals surface area contributed by atoms with Crippen LogP contribution in [0.15, 0.2) is 71.3 Å². The Hall–Kier alpha value is -3.68. The predicted octanol–water partition coefficient (Wildman–Crippen LogP) is 6.23. The highest BCUT2D eigenvalue weighted by atomic mass is 16.5. The number of pyridine rings is 1. The van der Waals surface area contributed by atoms with E-state index in [1.807, 2.05) is 12.1 Å². The molecule has 1 atom stereocenters. The standard InChI is InChI=1S/C32H34N4O3/c1-22-9-10-24(32-26(22)14-18-38-32)21-39-31-8-4-6-27(34-31)23-11-15-35(16-12-23)20-30-33-28-5-2-3-7-29(28)36(30)19-25-13-17-37-25/h2-10,14,18,23,25H,11-13,15-17,19-21H2,1H3/t25-/m0/s1. The third kappa shape index (κ3) is 4.92. The first kappa shape index (κ1) is 24.4. The molecule has 0 N–H and O–H groups in total. The first-order chi connectivity index (χ1) is 19.2. The largest absolute Gasteiger partial charge is 0.473 e. The topological polar surface area (TPSA) is 65.5 Å². The average molecular weight is 523 g/mol. The number of para-hydroxylation sites is 2. The van der Waals surface area contributed by atoms with Crippen molar-refractivity contribution < 1.29 is 13.9 Å². The quantitative estimate of drug-likeness (QED) is 0.241. The van der Waals surface area contributed by atoms with Gasteiger partial charge in [-0.15, -0.1) is 0 Å². The van der Waals surface area contributed by atoms with Crippen molar-refractivity contribution >= 4 is 22.0 Å². The van der Waals surface area contributed by atoms with Crippen molar-refractivity contribution in [1.82, 2.24) is 19.4 Å². The van der Waals surface area contributed by atoms with Gasteiger partial charge in [-0.3, -0.25) is 4.90 Å². The maximum atomic E-state index is 6.13. The van der Waals surface area contributed by atoms with Crippen molar-refractivity contribution in [3.63, 3.8) is 0 Å². The van der Waals surface area contributed by atoms with Gasteiger partial charge in [-0.1, -0.05) is 30.3 Å². The highest BCUT2D eigenvalue weighted by molar-refractivity contribution is 5.83. The van der Waals surface area contributed by atoms with Crippen LogP contribution in [0.2, 0.25) is 0 Å². The molecule has 2 fully saturated rings. The highest BCUT2D eigenvalue weighted by Crippen LogP contribution is 2.30. The van der Waals surface area contributed by atoms with E-state index in [9.17, 15) is 0 Å². The van der Waals surface area contributed by atoms with E-state index in [2.05, 4.69) is 64.9 Å². The lowest BCUT2D eigenvalue weighted by molar-refractivity contribution is -0.0592. The van der Waals surface area contributed by atoms with Gasteiger partial charge in [0, 0.05) is 35.2 Å². The third-order valence-electron chi connectivity index (χ3n) is 8.32. The van der Waals surface area contributed by atoms with E-state index >= 15 is 0 Å². The summed E-state index contributed by atoms with van der Waals surface area (Å²) in [6.07, 6.45) is 5.33. The van der Waals surface area contributed by atoms with Crippen molar-refractivity contribution in [2.45, 2.75) is 57.9 Å². The molecule has 0 spiro atoms. The van der Waals surface area contributed by atoms with Gasteiger partial charge < -0.3 is 18.5 Å². The molecule has 0 amide bonds. The summed E-state index contributed by atoms with van der Waals surface area (Å²) in [7, 11) is 0. The maximum Gasteiger partial charge on any atom is 0.213 e. The zero-order valence-electron chi connectivity index (χ0n) is 22.4. The van der Waals surface area contributed by atoms with Gasteiger partial charge in [0.05, 0.1) is 36.5 Å². The molecule has 0 saturated carbocycles. The van der Waals surface area contributed by atoms with E-state index in [0.29, 0.717) is 24.5 Å². The normalized spacial score (nSPS) is 18.5. The van der Waals surface area contributed by atoms with E-state index in [4.69, 9.17) is 23.9 Å². The van der Waals surface area contributed by atoms with Crippen molar-refractivity contribution in [3.8, 4) is 5.88 Å². The van der Waals surface area contributed by atoms with Gasteiger partial charge in [0.25, 0.3) is 0 Å². The van der Waals surface area contributed by atoms with E-state index in [0.717, 1.165) is 85.6 Å². The number of likely N-dealkylation sites (tertiary alicyclic amines) is 1. The van der Waals surface area contributed by atoms with Crippen molar-refractivity contribution in [3.05, 3.63) is 89.6 Å². The number of benzene rings is 2. The molecule has 0 aliphatic carbocycles. The Morgan fingerprint density at radius 3 is 2.67 bits per heavy atom. The number of piperidine rings is 1. The SMILES string of the molecule is Cc1ccc(COc2cccc(C3CCN(Cc4nc5ccccc5n4C[C@@H]4CCO4)CC3)n2)c2occc12. The van der Waals surface area contributed by atoms with Crippen LogP contribution in [-0.2, 0) is 24.4 Å². The van der Waals surface area contributed by atoms with E-state index in [-0.39, 0.29) is 0 Å². The zero-order valence-corrected chi connectivity index (χ0v) is 22.4. The third-order valence-corrected chi connectivity index (χ3v) is 8.32. The summed E-state index contributed by atoms with van der Waals surface area (Å²) in [6.45, 7) is 7.21. The summed E-state index contributed by atoms with van der Waals surface area (Å²) in [5.41, 5.74) is 6.54. The lowest BCUT2D eigenvalue weighted by Gasteiger charge is -2.32. The Bertz CT molecular complexity index is 1590. The van der Waals surface area contributed by atoms with Gasteiger partial charge in [-0.05, 0) is 69.1 Å². The highest BCUT2D eigenvalue weighted by Gasteiger charge is 2.26. The van der Waals surface area contributed by atoms with E-state index < -0.39 is 0 Å². The molecular formula is C32H34N4O3. The van der Waals surface area contributed by atoms with Gasteiger partial charge in [0.1, 0.15) is 18.0 Å². The number of fused-ring (bicyclic) bond motifs is 2. The van der Waals surface area contributed by atoms with Crippen LogP contribution >= 0.6 is 0 Å². The first-order valence-electron chi connectivity index (χ1n) is 14.0. The fourth-order valence-corrected chi connectivity index (χ4v) is 5.93. The average Bonchev–Trinajstić information content (AvgIpc) is 3.57. The minimum atomic E-state index is 0.309. The second-order valence-electron chi connectivity index (χ2n) is 10.9. The molecule has 200 valence electrons. The summed E-state index contributed by atoms with van der Waals surface area (Å²) >= 11 is 0. The summed E-state index contributed by atoms with van der Waals surface area (Å²) in [6, 6.07) is 20.8. The molecule has 7 heteroatoms. The molecule has 5 heterocycles. The molecule has 39 heavy (non-hydrogen) atoms. The molecule has 2 aromatic carbocycles. The smallest absolute Gasteiger partial charge is 0.213 e. The zero-order chi connectivity index (χ0) is 26.2. The van der Waals surface area contributed by atoms with Crippen molar-refractivity contribution in [1.29, 1.82) is 0 Å². The Morgan fingerprint density at radius 2 is 1.82 bits per heavy atom. The number of rotatable bonds is 8. The molecule has 2 aliphatic heterocycles. The second kappa shape index (κ2) is 10.5. The van der Waals surface area contributed by atoms with Crippen LogP contribution in [-0.4, -0.2) is 45.2 Å². The number of aryl methyl sites for hydroxylation is 1. The van der Waals surface area contributed by atoms with Gasteiger partial charge in [-0.25, -0.2) is 9.97 Å². The lowest BCUT2D eigenvalue weighted by atomic mass is 9.93. The number of hydrogen-bond acceptors (Lipinski definition) is 6. The predicted molar refractivity (Wildman–Crippen MR) is 151 cm³/mol. The minimum absolute atomic E-state index is 0.309. The number of hydrogen-bond donors (Lipinski definition) is 0. The van der Waals surface area contributed by atoms with Crippen LogP contribution in [0, 0.1) is 6.92 Å². The Morgan fingerprint density at radius 1 is 0.949 bits per heavy atom. The van der Waals surface area contributed by atoms with Crippen molar-refractivity contribution in [2.75, 3.05) is 19.7 Å². The van der Waals surface area contributed by atoms with E-state index in [1.165, 1.54) is 11.1 Å².